The van der Waals surface area contributed by atoms with Crippen molar-refractivity contribution in [2.24, 2.45) is 0 Å². The lowest BCUT2D eigenvalue weighted by atomic mass is 10.2. The van der Waals surface area contributed by atoms with Crippen LogP contribution in [0.15, 0.2) is 48.8 Å². The van der Waals surface area contributed by atoms with Gasteiger partial charge in [-0.25, -0.2) is 4.98 Å². The van der Waals surface area contributed by atoms with Crippen LogP contribution in [0, 0.1) is 0 Å². The number of para-hydroxylation sites is 1. The van der Waals surface area contributed by atoms with E-state index in [2.05, 4.69) is 55.7 Å². The van der Waals surface area contributed by atoms with Gasteiger partial charge in [0.1, 0.15) is 11.5 Å². The summed E-state index contributed by atoms with van der Waals surface area (Å²) in [7, 11) is 0. The standard InChI is InChI=1S/C20H19N7/c1-2-4-16-14(3-1)7-9-26(16)19-12-18-21-8-10-27(18)20(23-19)22-17-11-15(24-25-17)13-5-6-13/h1-4,8,10-13H,5-7,9H2,(H2,22,23,24,25). The SMILES string of the molecule is c1ccc2c(c1)CCN2c1cc2nccn2c(Nc2cc(C3CC3)[nH]n2)n1. The molecule has 7 heteroatoms. The molecule has 4 heterocycles. The van der Waals surface area contributed by atoms with Gasteiger partial charge >= 0.3 is 0 Å². The van der Waals surface area contributed by atoms with Gasteiger partial charge in [-0.1, -0.05) is 18.2 Å². The molecule has 1 fully saturated rings. The molecular formula is C20H19N7. The van der Waals surface area contributed by atoms with Crippen LogP contribution in [0.5, 0.6) is 0 Å². The van der Waals surface area contributed by atoms with E-state index in [4.69, 9.17) is 4.98 Å². The summed E-state index contributed by atoms with van der Waals surface area (Å²) in [5.74, 6) is 3.05. The van der Waals surface area contributed by atoms with E-state index in [1.807, 2.05) is 16.7 Å². The molecule has 0 atom stereocenters. The molecular weight excluding hydrogens is 338 g/mol. The normalized spacial score (nSPS) is 16.1. The average Bonchev–Trinajstić information content (AvgIpc) is 3.10. The zero-order valence-electron chi connectivity index (χ0n) is 14.8. The summed E-state index contributed by atoms with van der Waals surface area (Å²) in [5.41, 5.74) is 4.65. The number of imidazole rings is 1. The largest absolute Gasteiger partial charge is 0.326 e. The van der Waals surface area contributed by atoms with E-state index in [0.717, 1.165) is 36.2 Å². The number of rotatable bonds is 4. The van der Waals surface area contributed by atoms with E-state index in [1.54, 1.807) is 6.20 Å². The van der Waals surface area contributed by atoms with Crippen molar-refractivity contribution in [3.63, 3.8) is 0 Å². The molecule has 0 saturated heterocycles. The molecule has 1 aliphatic heterocycles. The third-order valence-electron chi connectivity index (χ3n) is 5.39. The Hall–Kier alpha value is -3.35. The van der Waals surface area contributed by atoms with Gasteiger partial charge in [-0.3, -0.25) is 9.50 Å². The van der Waals surface area contributed by atoms with Crippen molar-refractivity contribution in [3.8, 4) is 0 Å². The highest BCUT2D eigenvalue weighted by atomic mass is 15.3. The Bertz CT molecular complexity index is 1140. The highest BCUT2D eigenvalue weighted by Crippen LogP contribution is 2.40. The number of anilines is 4. The van der Waals surface area contributed by atoms with Crippen molar-refractivity contribution in [1.29, 1.82) is 0 Å². The van der Waals surface area contributed by atoms with Crippen molar-refractivity contribution in [1.82, 2.24) is 24.6 Å². The number of benzene rings is 1. The molecule has 0 spiro atoms. The number of H-pyrrole nitrogens is 1. The second-order valence-electron chi connectivity index (χ2n) is 7.23. The fourth-order valence-corrected chi connectivity index (χ4v) is 3.83. The van der Waals surface area contributed by atoms with Crippen molar-refractivity contribution in [3.05, 3.63) is 60.0 Å². The van der Waals surface area contributed by atoms with Crippen LogP contribution in [0.4, 0.5) is 23.3 Å². The molecule has 0 unspecified atom stereocenters. The quantitative estimate of drug-likeness (QED) is 0.582. The smallest absolute Gasteiger partial charge is 0.216 e. The molecule has 1 saturated carbocycles. The molecule has 1 aromatic carbocycles. The monoisotopic (exact) mass is 357 g/mol. The van der Waals surface area contributed by atoms with Gasteiger partial charge in [0.25, 0.3) is 0 Å². The number of hydrogen-bond donors (Lipinski definition) is 2. The number of nitrogens with one attached hydrogen (secondary N) is 2. The summed E-state index contributed by atoms with van der Waals surface area (Å²) in [6, 6.07) is 12.6. The minimum Gasteiger partial charge on any atom is -0.326 e. The molecule has 1 aliphatic carbocycles. The van der Waals surface area contributed by atoms with Crippen LogP contribution in [-0.2, 0) is 6.42 Å². The second kappa shape index (κ2) is 5.57. The molecule has 7 nitrogen and oxygen atoms in total. The number of hydrogen-bond acceptors (Lipinski definition) is 5. The maximum absolute atomic E-state index is 4.90. The number of fused-ring (bicyclic) bond motifs is 2. The average molecular weight is 357 g/mol. The van der Waals surface area contributed by atoms with E-state index in [-0.39, 0.29) is 0 Å². The van der Waals surface area contributed by atoms with Crippen molar-refractivity contribution < 1.29 is 0 Å². The number of nitrogens with zero attached hydrogens (tertiary/aromatic N) is 5. The van der Waals surface area contributed by atoms with Gasteiger partial charge in [0.15, 0.2) is 5.82 Å². The Morgan fingerprint density at radius 1 is 1.15 bits per heavy atom. The predicted molar refractivity (Wildman–Crippen MR) is 104 cm³/mol. The third kappa shape index (κ3) is 2.46. The van der Waals surface area contributed by atoms with Crippen molar-refractivity contribution in [2.75, 3.05) is 16.8 Å². The Morgan fingerprint density at radius 3 is 3.00 bits per heavy atom. The predicted octanol–water partition coefficient (Wildman–Crippen LogP) is 3.77. The molecule has 2 aliphatic rings. The second-order valence-corrected chi connectivity index (χ2v) is 7.23. The van der Waals surface area contributed by atoms with Gasteiger partial charge in [0.2, 0.25) is 5.95 Å². The topological polar surface area (TPSA) is 74.1 Å². The summed E-state index contributed by atoms with van der Waals surface area (Å²) in [5, 5.41) is 10.9. The Balaban J connectivity index is 1.40. The van der Waals surface area contributed by atoms with Crippen LogP contribution in [-0.4, -0.2) is 31.1 Å². The minimum absolute atomic E-state index is 0.640. The van der Waals surface area contributed by atoms with Crippen LogP contribution in [0.2, 0.25) is 0 Å². The van der Waals surface area contributed by atoms with Crippen LogP contribution >= 0.6 is 0 Å². The van der Waals surface area contributed by atoms with Crippen molar-refractivity contribution >= 4 is 28.9 Å². The van der Waals surface area contributed by atoms with Crippen LogP contribution < -0.4 is 10.2 Å². The van der Waals surface area contributed by atoms with Gasteiger partial charge in [-0.15, -0.1) is 0 Å². The highest BCUT2D eigenvalue weighted by Gasteiger charge is 2.26. The number of aromatic amines is 1. The van der Waals surface area contributed by atoms with E-state index in [1.165, 1.54) is 29.8 Å². The van der Waals surface area contributed by atoms with Crippen LogP contribution in [0.25, 0.3) is 5.65 Å². The molecule has 134 valence electrons. The number of aromatic nitrogens is 5. The molecule has 0 amide bonds. The zero-order valence-corrected chi connectivity index (χ0v) is 14.8. The lowest BCUT2D eigenvalue weighted by Crippen LogP contribution is -2.16. The molecule has 4 aromatic rings. The summed E-state index contributed by atoms with van der Waals surface area (Å²) in [6.07, 6.45) is 7.24. The summed E-state index contributed by atoms with van der Waals surface area (Å²) >= 11 is 0. The summed E-state index contributed by atoms with van der Waals surface area (Å²) in [6.45, 7) is 0.927. The first-order valence-corrected chi connectivity index (χ1v) is 9.37. The molecule has 3 aromatic heterocycles. The fraction of sp³-hybridized carbons (Fsp3) is 0.250. The first-order valence-electron chi connectivity index (χ1n) is 9.37. The molecule has 0 radical (unpaired) electrons. The van der Waals surface area contributed by atoms with E-state index in [9.17, 15) is 0 Å². The first kappa shape index (κ1) is 14.8. The van der Waals surface area contributed by atoms with Crippen molar-refractivity contribution in [2.45, 2.75) is 25.2 Å². The molecule has 0 bridgehead atoms. The molecule has 6 rings (SSSR count). The maximum Gasteiger partial charge on any atom is 0.216 e. The van der Waals surface area contributed by atoms with Crippen LogP contribution in [0.1, 0.15) is 30.0 Å². The fourth-order valence-electron chi connectivity index (χ4n) is 3.83. The van der Waals surface area contributed by atoms with E-state index in [0.29, 0.717) is 5.92 Å². The van der Waals surface area contributed by atoms with Gasteiger partial charge in [0, 0.05) is 48.4 Å². The minimum atomic E-state index is 0.640. The lowest BCUT2D eigenvalue weighted by molar-refractivity contribution is 0.954. The molecule has 2 N–H and O–H groups in total. The van der Waals surface area contributed by atoms with E-state index < -0.39 is 0 Å². The van der Waals surface area contributed by atoms with Crippen LogP contribution in [0.3, 0.4) is 0 Å². The zero-order chi connectivity index (χ0) is 17.8. The Labute approximate surface area is 156 Å². The molecule has 27 heavy (non-hydrogen) atoms. The Kier molecular flexibility index (Phi) is 3.05. The summed E-state index contributed by atoms with van der Waals surface area (Å²) < 4.78 is 1.96. The van der Waals surface area contributed by atoms with Gasteiger partial charge in [-0.2, -0.15) is 10.1 Å². The van der Waals surface area contributed by atoms with Gasteiger partial charge < -0.3 is 10.2 Å². The summed E-state index contributed by atoms with van der Waals surface area (Å²) in [4.78, 5) is 11.6. The maximum atomic E-state index is 4.90. The van der Waals surface area contributed by atoms with E-state index >= 15 is 0 Å². The van der Waals surface area contributed by atoms with Gasteiger partial charge in [-0.05, 0) is 30.9 Å². The third-order valence-corrected chi connectivity index (χ3v) is 5.39. The highest BCUT2D eigenvalue weighted by molar-refractivity contribution is 5.71. The Morgan fingerprint density at radius 2 is 2.07 bits per heavy atom. The van der Waals surface area contributed by atoms with Gasteiger partial charge in [0.05, 0.1) is 0 Å². The first-order chi connectivity index (χ1) is 13.3. The lowest BCUT2D eigenvalue weighted by Gasteiger charge is -2.19.